The molecule has 3 aromatic carbocycles. The van der Waals surface area contributed by atoms with Crippen LogP contribution in [0.1, 0.15) is 15.9 Å². The van der Waals surface area contributed by atoms with Crippen LogP contribution in [-0.2, 0) is 6.54 Å². The predicted molar refractivity (Wildman–Crippen MR) is 99.9 cm³/mol. The van der Waals surface area contributed by atoms with Crippen molar-refractivity contribution in [1.29, 1.82) is 0 Å². The summed E-state index contributed by atoms with van der Waals surface area (Å²) in [5.74, 6) is 1.07. The van der Waals surface area contributed by atoms with Crippen molar-refractivity contribution in [3.63, 3.8) is 0 Å². The fourth-order valence-electron chi connectivity index (χ4n) is 2.85. The average molecular weight is 370 g/mol. The maximum absolute atomic E-state index is 13.1. The van der Waals surface area contributed by atoms with Crippen LogP contribution < -0.4 is 9.64 Å². The van der Waals surface area contributed by atoms with Crippen LogP contribution in [0.15, 0.2) is 66.7 Å². The van der Waals surface area contributed by atoms with Crippen LogP contribution >= 0.6 is 23.2 Å². The van der Waals surface area contributed by atoms with E-state index in [1.165, 1.54) is 0 Å². The summed E-state index contributed by atoms with van der Waals surface area (Å²) in [6.45, 7) is 0.366. The molecule has 0 N–H and O–H groups in total. The lowest BCUT2D eigenvalue weighted by Gasteiger charge is -2.22. The predicted octanol–water partition coefficient (Wildman–Crippen LogP) is 5.95. The standard InChI is InChI=1S/C20H13Cl2NO2/c21-15-10-9-13(11-16(15)22)12-23-17-6-2-4-8-19(17)25-18-7-3-1-5-14(18)20(23)24/h1-11H,12H2. The van der Waals surface area contributed by atoms with E-state index in [0.29, 0.717) is 33.7 Å². The molecule has 3 nitrogen and oxygen atoms in total. The van der Waals surface area contributed by atoms with Crippen LogP contribution in [0.4, 0.5) is 5.69 Å². The Morgan fingerprint density at radius 2 is 1.56 bits per heavy atom. The number of rotatable bonds is 2. The second-order valence-corrected chi connectivity index (χ2v) is 6.52. The molecule has 0 aromatic heterocycles. The van der Waals surface area contributed by atoms with Crippen LogP contribution in [0.5, 0.6) is 11.5 Å². The number of hydrogen-bond acceptors (Lipinski definition) is 2. The SMILES string of the molecule is O=C1c2ccccc2Oc2ccccc2N1Cc1ccc(Cl)c(Cl)c1. The van der Waals surface area contributed by atoms with Crippen LogP contribution in [0.25, 0.3) is 0 Å². The van der Waals surface area contributed by atoms with E-state index in [1.807, 2.05) is 42.5 Å². The van der Waals surface area contributed by atoms with E-state index in [1.54, 1.807) is 29.2 Å². The van der Waals surface area contributed by atoms with Crippen molar-refractivity contribution in [2.24, 2.45) is 0 Å². The van der Waals surface area contributed by atoms with Gasteiger partial charge < -0.3 is 9.64 Å². The van der Waals surface area contributed by atoms with E-state index in [-0.39, 0.29) is 5.91 Å². The van der Waals surface area contributed by atoms with Crippen LogP contribution in [0.3, 0.4) is 0 Å². The number of carbonyl (C=O) groups excluding carboxylic acids is 1. The molecule has 1 aliphatic heterocycles. The second-order valence-electron chi connectivity index (χ2n) is 5.71. The monoisotopic (exact) mass is 369 g/mol. The molecule has 25 heavy (non-hydrogen) atoms. The molecule has 124 valence electrons. The number of halogens is 2. The number of carbonyl (C=O) groups is 1. The molecule has 4 rings (SSSR count). The number of benzene rings is 3. The van der Waals surface area contributed by atoms with E-state index in [4.69, 9.17) is 27.9 Å². The van der Waals surface area contributed by atoms with Crippen molar-refractivity contribution in [2.45, 2.75) is 6.54 Å². The lowest BCUT2D eigenvalue weighted by atomic mass is 10.1. The molecule has 3 aromatic rings. The summed E-state index contributed by atoms with van der Waals surface area (Å²) in [5, 5.41) is 0.952. The lowest BCUT2D eigenvalue weighted by Crippen LogP contribution is -2.29. The van der Waals surface area contributed by atoms with Gasteiger partial charge in [-0.1, -0.05) is 53.5 Å². The maximum atomic E-state index is 13.1. The molecule has 0 aliphatic carbocycles. The first kappa shape index (κ1) is 16.0. The van der Waals surface area contributed by atoms with Crippen molar-refractivity contribution in [2.75, 3.05) is 4.90 Å². The van der Waals surface area contributed by atoms with Gasteiger partial charge in [0.2, 0.25) is 0 Å². The van der Waals surface area contributed by atoms with E-state index < -0.39 is 0 Å². The van der Waals surface area contributed by atoms with E-state index in [2.05, 4.69) is 0 Å². The van der Waals surface area contributed by atoms with Crippen LogP contribution in [0, 0.1) is 0 Å². The van der Waals surface area contributed by atoms with Gasteiger partial charge in [0, 0.05) is 0 Å². The minimum Gasteiger partial charge on any atom is -0.454 e. The van der Waals surface area contributed by atoms with Gasteiger partial charge in [0.05, 0.1) is 27.8 Å². The lowest BCUT2D eigenvalue weighted by molar-refractivity contribution is 0.0985. The molecule has 0 saturated carbocycles. The van der Waals surface area contributed by atoms with Crippen molar-refractivity contribution in [3.05, 3.63) is 87.9 Å². The first-order valence-corrected chi connectivity index (χ1v) is 8.51. The first-order chi connectivity index (χ1) is 12.1. The highest BCUT2D eigenvalue weighted by Gasteiger charge is 2.27. The highest BCUT2D eigenvalue weighted by atomic mass is 35.5. The molecular formula is C20H13Cl2NO2. The number of para-hydroxylation sites is 3. The molecule has 1 heterocycles. The van der Waals surface area contributed by atoms with E-state index >= 15 is 0 Å². The molecule has 0 spiro atoms. The van der Waals surface area contributed by atoms with Crippen molar-refractivity contribution < 1.29 is 9.53 Å². The zero-order chi connectivity index (χ0) is 17.4. The summed E-state index contributed by atoms with van der Waals surface area (Å²) in [7, 11) is 0. The number of nitrogens with zero attached hydrogens (tertiary/aromatic N) is 1. The summed E-state index contributed by atoms with van der Waals surface area (Å²) in [4.78, 5) is 14.8. The number of anilines is 1. The van der Waals surface area contributed by atoms with Crippen LogP contribution in [-0.4, -0.2) is 5.91 Å². The number of ether oxygens (including phenoxy) is 1. The maximum Gasteiger partial charge on any atom is 0.262 e. The molecule has 0 fully saturated rings. The van der Waals surface area contributed by atoms with Gasteiger partial charge in [-0.05, 0) is 42.0 Å². The molecular weight excluding hydrogens is 357 g/mol. The largest absolute Gasteiger partial charge is 0.454 e. The third kappa shape index (κ3) is 2.97. The fraction of sp³-hybridized carbons (Fsp3) is 0.0500. The molecule has 0 radical (unpaired) electrons. The Morgan fingerprint density at radius 3 is 2.36 bits per heavy atom. The van der Waals surface area contributed by atoms with Gasteiger partial charge >= 0.3 is 0 Å². The van der Waals surface area contributed by atoms with E-state index in [9.17, 15) is 4.79 Å². The Labute approximate surface area is 155 Å². The van der Waals surface area contributed by atoms with Crippen molar-refractivity contribution >= 4 is 34.8 Å². The summed E-state index contributed by atoms with van der Waals surface area (Å²) in [6, 6.07) is 20.1. The molecule has 1 aliphatic rings. The molecule has 1 amide bonds. The van der Waals surface area contributed by atoms with Gasteiger partial charge in [-0.2, -0.15) is 0 Å². The third-order valence-electron chi connectivity index (χ3n) is 4.06. The Bertz CT molecular complexity index is 971. The summed E-state index contributed by atoms with van der Waals surface area (Å²) in [5.41, 5.74) is 2.13. The van der Waals surface area contributed by atoms with Crippen LogP contribution in [0.2, 0.25) is 10.0 Å². The van der Waals surface area contributed by atoms with Crippen molar-refractivity contribution in [1.82, 2.24) is 0 Å². The highest BCUT2D eigenvalue weighted by Crippen LogP contribution is 2.39. The minimum atomic E-state index is -0.119. The van der Waals surface area contributed by atoms with Gasteiger partial charge in [0.25, 0.3) is 5.91 Å². The molecule has 0 bridgehead atoms. The minimum absolute atomic E-state index is 0.119. The zero-order valence-corrected chi connectivity index (χ0v) is 14.6. The number of amides is 1. The van der Waals surface area contributed by atoms with Gasteiger partial charge in [-0.25, -0.2) is 0 Å². The van der Waals surface area contributed by atoms with Gasteiger partial charge in [-0.3, -0.25) is 4.79 Å². The Hall–Kier alpha value is -2.49. The third-order valence-corrected chi connectivity index (χ3v) is 4.80. The number of hydrogen-bond donors (Lipinski definition) is 0. The fourth-order valence-corrected chi connectivity index (χ4v) is 3.17. The normalized spacial score (nSPS) is 12.9. The average Bonchev–Trinajstić information content (AvgIpc) is 2.74. The topological polar surface area (TPSA) is 29.5 Å². The van der Waals surface area contributed by atoms with Gasteiger partial charge in [0.1, 0.15) is 5.75 Å². The smallest absolute Gasteiger partial charge is 0.262 e. The van der Waals surface area contributed by atoms with E-state index in [0.717, 1.165) is 11.3 Å². The first-order valence-electron chi connectivity index (χ1n) is 7.75. The Kier molecular flexibility index (Phi) is 4.12. The zero-order valence-electron chi connectivity index (χ0n) is 13.1. The quantitative estimate of drug-likeness (QED) is 0.558. The summed E-state index contributed by atoms with van der Waals surface area (Å²) < 4.78 is 5.97. The van der Waals surface area contributed by atoms with Crippen molar-refractivity contribution in [3.8, 4) is 11.5 Å². The Morgan fingerprint density at radius 1 is 0.840 bits per heavy atom. The molecule has 0 saturated heterocycles. The summed E-state index contributed by atoms with van der Waals surface area (Å²) >= 11 is 12.1. The summed E-state index contributed by atoms with van der Waals surface area (Å²) in [6.07, 6.45) is 0. The van der Waals surface area contributed by atoms with Gasteiger partial charge in [-0.15, -0.1) is 0 Å². The molecule has 5 heteroatoms. The second kappa shape index (κ2) is 6.43. The number of fused-ring (bicyclic) bond motifs is 2. The molecule has 0 unspecified atom stereocenters. The molecule has 0 atom stereocenters. The highest BCUT2D eigenvalue weighted by molar-refractivity contribution is 6.42. The van der Waals surface area contributed by atoms with Gasteiger partial charge in [0.15, 0.2) is 5.75 Å². The Balaban J connectivity index is 1.82.